The van der Waals surface area contributed by atoms with Crippen LogP contribution in [-0.4, -0.2) is 60.2 Å². The SMILES string of the molecule is O=C(NCC(=O)N1CCCN(C(=O)c2ccccc2Cl)CC1)c1ccccc1. The molecule has 7 heteroatoms. The summed E-state index contributed by atoms with van der Waals surface area (Å²) in [5.41, 5.74) is 0.988. The Morgan fingerprint density at radius 2 is 1.50 bits per heavy atom. The molecule has 0 spiro atoms. The minimum absolute atomic E-state index is 0.0633. The van der Waals surface area contributed by atoms with Crippen LogP contribution in [0.25, 0.3) is 0 Å². The van der Waals surface area contributed by atoms with Gasteiger partial charge in [-0.3, -0.25) is 14.4 Å². The van der Waals surface area contributed by atoms with Crippen molar-refractivity contribution in [1.29, 1.82) is 0 Å². The van der Waals surface area contributed by atoms with Crippen LogP contribution >= 0.6 is 11.6 Å². The number of benzene rings is 2. The van der Waals surface area contributed by atoms with Crippen molar-refractivity contribution >= 4 is 29.3 Å². The van der Waals surface area contributed by atoms with Crippen LogP contribution in [0, 0.1) is 0 Å². The molecule has 1 saturated heterocycles. The minimum atomic E-state index is -0.278. The summed E-state index contributed by atoms with van der Waals surface area (Å²) >= 11 is 6.13. The molecule has 1 fully saturated rings. The summed E-state index contributed by atoms with van der Waals surface area (Å²) in [6, 6.07) is 15.7. The minimum Gasteiger partial charge on any atom is -0.343 e. The third-order valence-corrected chi connectivity index (χ3v) is 5.01. The molecule has 0 aliphatic carbocycles. The van der Waals surface area contributed by atoms with Crippen LogP contribution in [0.15, 0.2) is 54.6 Å². The molecule has 1 N–H and O–H groups in total. The number of hydrogen-bond donors (Lipinski definition) is 1. The fourth-order valence-corrected chi connectivity index (χ4v) is 3.35. The number of nitrogens with zero attached hydrogens (tertiary/aromatic N) is 2. The summed E-state index contributed by atoms with van der Waals surface area (Å²) in [5, 5.41) is 3.08. The highest BCUT2D eigenvalue weighted by molar-refractivity contribution is 6.33. The summed E-state index contributed by atoms with van der Waals surface area (Å²) in [6.45, 7) is 1.90. The number of rotatable bonds is 4. The molecule has 1 aliphatic heterocycles. The molecule has 6 nitrogen and oxygen atoms in total. The lowest BCUT2D eigenvalue weighted by molar-refractivity contribution is -0.129. The van der Waals surface area contributed by atoms with Crippen LogP contribution in [0.4, 0.5) is 0 Å². The van der Waals surface area contributed by atoms with E-state index in [2.05, 4.69) is 5.32 Å². The molecule has 0 bridgehead atoms. The van der Waals surface area contributed by atoms with Gasteiger partial charge in [0.1, 0.15) is 0 Å². The Morgan fingerprint density at radius 3 is 2.25 bits per heavy atom. The predicted molar refractivity (Wildman–Crippen MR) is 107 cm³/mol. The van der Waals surface area contributed by atoms with Gasteiger partial charge in [-0.1, -0.05) is 41.9 Å². The van der Waals surface area contributed by atoms with Gasteiger partial charge in [0.2, 0.25) is 5.91 Å². The number of nitrogens with one attached hydrogen (secondary N) is 1. The Balaban J connectivity index is 1.53. The van der Waals surface area contributed by atoms with Crippen LogP contribution < -0.4 is 5.32 Å². The van der Waals surface area contributed by atoms with Gasteiger partial charge in [-0.2, -0.15) is 0 Å². The van der Waals surface area contributed by atoms with Crippen molar-refractivity contribution in [2.24, 2.45) is 0 Å². The summed E-state index contributed by atoms with van der Waals surface area (Å²) in [7, 11) is 0. The first-order valence-electron chi connectivity index (χ1n) is 9.21. The van der Waals surface area contributed by atoms with E-state index in [1.54, 1.807) is 58.3 Å². The monoisotopic (exact) mass is 399 g/mol. The van der Waals surface area contributed by atoms with Gasteiger partial charge in [-0.15, -0.1) is 0 Å². The zero-order valence-corrected chi connectivity index (χ0v) is 16.2. The van der Waals surface area contributed by atoms with Crippen molar-refractivity contribution in [1.82, 2.24) is 15.1 Å². The van der Waals surface area contributed by atoms with E-state index >= 15 is 0 Å². The van der Waals surface area contributed by atoms with Gasteiger partial charge in [-0.05, 0) is 30.7 Å². The lowest BCUT2D eigenvalue weighted by Crippen LogP contribution is -2.42. The molecule has 0 saturated carbocycles. The van der Waals surface area contributed by atoms with E-state index in [1.807, 2.05) is 6.07 Å². The van der Waals surface area contributed by atoms with Gasteiger partial charge in [0.15, 0.2) is 0 Å². The first-order chi connectivity index (χ1) is 13.6. The van der Waals surface area contributed by atoms with Crippen LogP contribution in [0.5, 0.6) is 0 Å². The average molecular weight is 400 g/mol. The van der Waals surface area contributed by atoms with Crippen molar-refractivity contribution in [2.45, 2.75) is 6.42 Å². The van der Waals surface area contributed by atoms with Gasteiger partial charge in [0.25, 0.3) is 11.8 Å². The highest BCUT2D eigenvalue weighted by Crippen LogP contribution is 2.18. The normalized spacial score (nSPS) is 14.3. The molecule has 1 aliphatic rings. The summed E-state index contributed by atoms with van der Waals surface area (Å²) in [4.78, 5) is 40.7. The second kappa shape index (κ2) is 9.37. The Bertz CT molecular complexity index is 857. The molecule has 1 heterocycles. The smallest absolute Gasteiger partial charge is 0.255 e. The van der Waals surface area contributed by atoms with Gasteiger partial charge < -0.3 is 15.1 Å². The molecule has 3 amide bonds. The molecule has 0 aromatic heterocycles. The molecular weight excluding hydrogens is 378 g/mol. The van der Waals surface area contributed by atoms with E-state index < -0.39 is 0 Å². The Hall–Kier alpha value is -2.86. The van der Waals surface area contributed by atoms with Gasteiger partial charge in [0.05, 0.1) is 17.1 Å². The second-order valence-corrected chi connectivity index (χ2v) is 6.96. The fraction of sp³-hybridized carbons (Fsp3) is 0.286. The third kappa shape index (κ3) is 4.89. The third-order valence-electron chi connectivity index (χ3n) is 4.68. The number of hydrogen-bond acceptors (Lipinski definition) is 3. The van der Waals surface area contributed by atoms with E-state index in [4.69, 9.17) is 11.6 Å². The van der Waals surface area contributed by atoms with Crippen molar-refractivity contribution in [3.8, 4) is 0 Å². The summed E-state index contributed by atoms with van der Waals surface area (Å²) in [6.07, 6.45) is 0.675. The van der Waals surface area contributed by atoms with E-state index in [9.17, 15) is 14.4 Å². The Kier molecular flexibility index (Phi) is 6.66. The topological polar surface area (TPSA) is 69.7 Å². The molecule has 0 radical (unpaired) electrons. The molecule has 2 aromatic rings. The van der Waals surface area contributed by atoms with Crippen molar-refractivity contribution in [3.05, 3.63) is 70.7 Å². The van der Waals surface area contributed by atoms with Crippen molar-refractivity contribution in [3.63, 3.8) is 0 Å². The molecule has 146 valence electrons. The standard InChI is InChI=1S/C21H22ClN3O3/c22-18-10-5-4-9-17(18)21(28)25-12-6-11-24(13-14-25)19(26)15-23-20(27)16-7-2-1-3-8-16/h1-5,7-10H,6,11-15H2,(H,23,27). The Labute approximate surface area is 169 Å². The fourth-order valence-electron chi connectivity index (χ4n) is 3.13. The molecule has 3 rings (SSSR count). The zero-order chi connectivity index (χ0) is 19.9. The van der Waals surface area contributed by atoms with Crippen molar-refractivity contribution in [2.75, 3.05) is 32.7 Å². The van der Waals surface area contributed by atoms with Gasteiger partial charge in [-0.25, -0.2) is 0 Å². The Morgan fingerprint density at radius 1 is 0.857 bits per heavy atom. The van der Waals surface area contributed by atoms with E-state index in [0.717, 1.165) is 0 Å². The molecule has 28 heavy (non-hydrogen) atoms. The van der Waals surface area contributed by atoms with Crippen LogP contribution in [0.3, 0.4) is 0 Å². The number of carbonyl (C=O) groups excluding carboxylic acids is 3. The molecule has 0 atom stereocenters. The lowest BCUT2D eigenvalue weighted by atomic mass is 10.2. The summed E-state index contributed by atoms with van der Waals surface area (Å²) in [5.74, 6) is -0.562. The van der Waals surface area contributed by atoms with Gasteiger partial charge >= 0.3 is 0 Å². The number of carbonyl (C=O) groups is 3. The zero-order valence-electron chi connectivity index (χ0n) is 15.4. The lowest BCUT2D eigenvalue weighted by Gasteiger charge is -2.22. The molecule has 0 unspecified atom stereocenters. The van der Waals surface area contributed by atoms with E-state index in [-0.39, 0.29) is 24.3 Å². The van der Waals surface area contributed by atoms with E-state index in [0.29, 0.717) is 48.7 Å². The maximum absolute atomic E-state index is 12.7. The van der Waals surface area contributed by atoms with Crippen molar-refractivity contribution < 1.29 is 14.4 Å². The first kappa shape index (κ1) is 19.9. The second-order valence-electron chi connectivity index (χ2n) is 6.56. The molecule has 2 aromatic carbocycles. The average Bonchev–Trinajstić information content (AvgIpc) is 2.98. The van der Waals surface area contributed by atoms with Crippen LogP contribution in [-0.2, 0) is 4.79 Å². The van der Waals surface area contributed by atoms with Crippen LogP contribution in [0.2, 0.25) is 5.02 Å². The highest BCUT2D eigenvalue weighted by atomic mass is 35.5. The largest absolute Gasteiger partial charge is 0.343 e. The van der Waals surface area contributed by atoms with Crippen LogP contribution in [0.1, 0.15) is 27.1 Å². The predicted octanol–water partition coefficient (Wildman–Crippen LogP) is 2.44. The quantitative estimate of drug-likeness (QED) is 0.858. The number of halogens is 1. The highest BCUT2D eigenvalue weighted by Gasteiger charge is 2.24. The maximum atomic E-state index is 12.7. The van der Waals surface area contributed by atoms with Gasteiger partial charge in [0, 0.05) is 31.7 Å². The number of amides is 3. The first-order valence-corrected chi connectivity index (χ1v) is 9.59. The molecular formula is C21H22ClN3O3. The van der Waals surface area contributed by atoms with E-state index in [1.165, 1.54) is 0 Å². The summed E-state index contributed by atoms with van der Waals surface area (Å²) < 4.78 is 0. The maximum Gasteiger partial charge on any atom is 0.255 e.